The molecule has 0 saturated carbocycles. The van der Waals surface area contributed by atoms with E-state index in [-0.39, 0.29) is 5.69 Å². The monoisotopic (exact) mass is 330 g/mol. The van der Waals surface area contributed by atoms with Gasteiger partial charge in [-0.15, -0.1) is 0 Å². The predicted molar refractivity (Wildman–Crippen MR) is 63.5 cm³/mol. The van der Waals surface area contributed by atoms with Crippen molar-refractivity contribution < 1.29 is 32.0 Å². The highest BCUT2D eigenvalue weighted by atomic mass is 35.5. The molecule has 0 aromatic heterocycles. The molecule has 0 saturated heterocycles. The standard InChI is InChI=1S/C10H7ClF4N2O4/c11-6-3-5(16-8(18)4-17(19)20)1-2-7(6)21-10(14,15)9(12)13/h1-3,9H,4H2,(H,16,18). The summed E-state index contributed by atoms with van der Waals surface area (Å²) >= 11 is 5.54. The smallest absolute Gasteiger partial charge is 0.427 e. The molecular weight excluding hydrogens is 324 g/mol. The molecular formula is C10H7ClF4N2O4. The molecule has 0 aliphatic heterocycles. The zero-order valence-corrected chi connectivity index (χ0v) is 10.7. The summed E-state index contributed by atoms with van der Waals surface area (Å²) in [5.41, 5.74) is -0.0421. The highest BCUT2D eigenvalue weighted by Crippen LogP contribution is 2.34. The molecule has 0 radical (unpaired) electrons. The van der Waals surface area contributed by atoms with Crippen LogP contribution in [-0.4, -0.2) is 29.9 Å². The summed E-state index contributed by atoms with van der Waals surface area (Å²) in [6, 6.07) is 2.76. The maximum absolute atomic E-state index is 12.7. The third kappa shape index (κ3) is 5.06. The van der Waals surface area contributed by atoms with Crippen LogP contribution in [0.1, 0.15) is 0 Å². The Balaban J connectivity index is 2.81. The number of carbonyl (C=O) groups excluding carboxylic acids is 1. The van der Waals surface area contributed by atoms with E-state index >= 15 is 0 Å². The quantitative estimate of drug-likeness (QED) is 0.494. The van der Waals surface area contributed by atoms with Crippen molar-refractivity contribution in [2.45, 2.75) is 12.5 Å². The number of hydrogen-bond donors (Lipinski definition) is 1. The second-order valence-electron chi connectivity index (χ2n) is 3.65. The third-order valence-corrected chi connectivity index (χ3v) is 2.28. The maximum Gasteiger partial charge on any atom is 0.461 e. The fourth-order valence-electron chi connectivity index (χ4n) is 1.17. The van der Waals surface area contributed by atoms with E-state index in [2.05, 4.69) is 10.1 Å². The van der Waals surface area contributed by atoms with Gasteiger partial charge in [0.05, 0.1) is 5.02 Å². The average molecular weight is 331 g/mol. The van der Waals surface area contributed by atoms with Crippen molar-refractivity contribution in [3.05, 3.63) is 33.3 Å². The van der Waals surface area contributed by atoms with Gasteiger partial charge in [-0.3, -0.25) is 14.9 Å². The number of ether oxygens (including phenoxy) is 1. The van der Waals surface area contributed by atoms with Crippen LogP contribution in [0.4, 0.5) is 23.2 Å². The molecule has 0 bridgehead atoms. The molecule has 0 atom stereocenters. The molecule has 0 fully saturated rings. The molecule has 1 aromatic rings. The fraction of sp³-hybridized carbons (Fsp3) is 0.300. The van der Waals surface area contributed by atoms with Crippen molar-refractivity contribution >= 4 is 23.2 Å². The average Bonchev–Trinajstić information content (AvgIpc) is 2.31. The first-order valence-electron chi connectivity index (χ1n) is 5.18. The normalized spacial score (nSPS) is 11.3. The summed E-state index contributed by atoms with van der Waals surface area (Å²) in [6.07, 6.45) is -8.77. The first-order valence-corrected chi connectivity index (χ1v) is 5.56. The number of amides is 1. The molecule has 1 amide bonds. The lowest BCUT2D eigenvalue weighted by Gasteiger charge is -2.17. The lowest BCUT2D eigenvalue weighted by Crippen LogP contribution is -2.33. The fourth-order valence-corrected chi connectivity index (χ4v) is 1.39. The van der Waals surface area contributed by atoms with Crippen molar-refractivity contribution in [3.8, 4) is 5.75 Å². The molecule has 0 heterocycles. The number of anilines is 1. The number of nitrogens with one attached hydrogen (secondary N) is 1. The van der Waals surface area contributed by atoms with Gasteiger partial charge in [0.25, 0.3) is 12.5 Å². The van der Waals surface area contributed by atoms with Crippen LogP contribution in [0.5, 0.6) is 5.75 Å². The Hall–Kier alpha value is -2.10. The number of hydrogen-bond acceptors (Lipinski definition) is 4. The largest absolute Gasteiger partial charge is 0.461 e. The van der Waals surface area contributed by atoms with Crippen molar-refractivity contribution in [1.82, 2.24) is 0 Å². The van der Waals surface area contributed by atoms with Gasteiger partial charge in [0.15, 0.2) is 0 Å². The van der Waals surface area contributed by atoms with Gasteiger partial charge in [-0.2, -0.15) is 17.6 Å². The van der Waals surface area contributed by atoms with Crippen LogP contribution in [0.3, 0.4) is 0 Å². The Morgan fingerprint density at radius 2 is 2.10 bits per heavy atom. The molecule has 0 spiro atoms. The first-order chi connectivity index (χ1) is 9.61. The minimum absolute atomic E-state index is 0.0421. The number of benzene rings is 1. The zero-order chi connectivity index (χ0) is 16.2. The maximum atomic E-state index is 12.7. The van der Waals surface area contributed by atoms with E-state index < -0.39 is 40.7 Å². The minimum Gasteiger partial charge on any atom is -0.427 e. The number of rotatable bonds is 6. The Morgan fingerprint density at radius 3 is 2.57 bits per heavy atom. The third-order valence-electron chi connectivity index (χ3n) is 1.99. The van der Waals surface area contributed by atoms with Crippen LogP contribution in [0.2, 0.25) is 5.02 Å². The van der Waals surface area contributed by atoms with Crippen LogP contribution in [0, 0.1) is 10.1 Å². The number of nitro groups is 1. The van der Waals surface area contributed by atoms with Gasteiger partial charge >= 0.3 is 12.5 Å². The Morgan fingerprint density at radius 1 is 1.48 bits per heavy atom. The first kappa shape index (κ1) is 17.0. The molecule has 21 heavy (non-hydrogen) atoms. The topological polar surface area (TPSA) is 81.5 Å². The summed E-state index contributed by atoms with van der Waals surface area (Å²) in [4.78, 5) is 20.3. The van der Waals surface area contributed by atoms with Crippen molar-refractivity contribution in [2.75, 3.05) is 11.9 Å². The summed E-state index contributed by atoms with van der Waals surface area (Å²) in [5, 5.41) is 11.7. The van der Waals surface area contributed by atoms with Gasteiger partial charge in [-0.05, 0) is 18.2 Å². The Kier molecular flexibility index (Phi) is 5.30. The molecule has 1 rings (SSSR count). The highest BCUT2D eigenvalue weighted by Gasteiger charge is 2.44. The molecule has 6 nitrogen and oxygen atoms in total. The number of carbonyl (C=O) groups is 1. The van der Waals surface area contributed by atoms with Gasteiger partial charge in [0.1, 0.15) is 5.75 Å². The lowest BCUT2D eigenvalue weighted by atomic mass is 10.3. The van der Waals surface area contributed by atoms with E-state index in [9.17, 15) is 32.5 Å². The SMILES string of the molecule is O=C(C[N+](=O)[O-])Nc1ccc(OC(F)(F)C(F)F)c(Cl)c1. The molecule has 1 aromatic carbocycles. The van der Waals surface area contributed by atoms with Crippen molar-refractivity contribution in [3.63, 3.8) is 0 Å². The molecule has 0 unspecified atom stereocenters. The number of alkyl halides is 4. The predicted octanol–water partition coefficient (Wildman–Crippen LogP) is 2.79. The van der Waals surface area contributed by atoms with Crippen molar-refractivity contribution in [1.29, 1.82) is 0 Å². The van der Waals surface area contributed by atoms with E-state index in [0.717, 1.165) is 18.2 Å². The molecule has 11 heteroatoms. The van der Waals surface area contributed by atoms with Gasteiger partial charge in [-0.25, -0.2) is 0 Å². The van der Waals surface area contributed by atoms with E-state index in [1.165, 1.54) is 0 Å². The van der Waals surface area contributed by atoms with Crippen LogP contribution in [-0.2, 0) is 4.79 Å². The zero-order valence-electron chi connectivity index (χ0n) is 9.99. The van der Waals surface area contributed by atoms with Crippen molar-refractivity contribution in [2.24, 2.45) is 0 Å². The van der Waals surface area contributed by atoms with Gasteiger partial charge in [-0.1, -0.05) is 11.6 Å². The molecule has 1 N–H and O–H groups in total. The second-order valence-corrected chi connectivity index (χ2v) is 4.06. The second kappa shape index (κ2) is 6.57. The van der Waals surface area contributed by atoms with Crippen LogP contribution in [0.15, 0.2) is 18.2 Å². The van der Waals surface area contributed by atoms with Crippen LogP contribution >= 0.6 is 11.6 Å². The summed E-state index contributed by atoms with van der Waals surface area (Å²) in [5.74, 6) is -1.70. The van der Waals surface area contributed by atoms with Crippen LogP contribution in [0.25, 0.3) is 0 Å². The van der Waals surface area contributed by atoms with E-state index in [1.54, 1.807) is 0 Å². The molecule has 0 aliphatic carbocycles. The summed E-state index contributed by atoms with van der Waals surface area (Å²) in [7, 11) is 0. The van der Waals surface area contributed by atoms with Gasteiger partial charge in [0.2, 0.25) is 0 Å². The van der Waals surface area contributed by atoms with Gasteiger partial charge < -0.3 is 10.1 Å². The Labute approximate surface area is 119 Å². The number of halogens is 5. The minimum atomic E-state index is -4.72. The van der Waals surface area contributed by atoms with Crippen LogP contribution < -0.4 is 10.1 Å². The molecule has 0 aliphatic rings. The van der Waals surface area contributed by atoms with E-state index in [1.807, 2.05) is 0 Å². The number of nitrogens with zero attached hydrogens (tertiary/aromatic N) is 1. The highest BCUT2D eigenvalue weighted by molar-refractivity contribution is 6.32. The molecule has 116 valence electrons. The van der Waals surface area contributed by atoms with E-state index in [0.29, 0.717) is 0 Å². The Bertz CT molecular complexity index is 556. The summed E-state index contributed by atoms with van der Waals surface area (Å²) in [6.45, 7) is -1.00. The van der Waals surface area contributed by atoms with E-state index in [4.69, 9.17) is 11.6 Å². The van der Waals surface area contributed by atoms with Gasteiger partial charge in [0, 0.05) is 10.6 Å². The summed E-state index contributed by atoms with van der Waals surface area (Å²) < 4.78 is 53.1. The lowest BCUT2D eigenvalue weighted by molar-refractivity contribution is -0.467.